The standard InChI is InChI=1S/C12H15Cl2NO/c1-3-15-11-7(2)6-16-12-9(14)5-4-8(13)10(11)12/h4-5,7,11,15H,3,6H2,1-2H3. The maximum Gasteiger partial charge on any atom is 0.144 e. The van der Waals surface area contributed by atoms with Crippen LogP contribution in [0.4, 0.5) is 0 Å². The molecule has 0 aromatic heterocycles. The topological polar surface area (TPSA) is 21.3 Å². The molecule has 16 heavy (non-hydrogen) atoms. The summed E-state index contributed by atoms with van der Waals surface area (Å²) in [5.41, 5.74) is 0.995. The molecule has 1 aliphatic heterocycles. The van der Waals surface area contributed by atoms with Gasteiger partial charge < -0.3 is 10.1 Å². The van der Waals surface area contributed by atoms with E-state index < -0.39 is 0 Å². The first kappa shape index (κ1) is 12.0. The summed E-state index contributed by atoms with van der Waals surface area (Å²) in [7, 11) is 0. The molecule has 2 unspecified atom stereocenters. The van der Waals surface area contributed by atoms with Gasteiger partial charge >= 0.3 is 0 Å². The lowest BCUT2D eigenvalue weighted by atomic mass is 9.92. The Labute approximate surface area is 106 Å². The largest absolute Gasteiger partial charge is 0.491 e. The van der Waals surface area contributed by atoms with Crippen LogP contribution in [0, 0.1) is 5.92 Å². The fraction of sp³-hybridized carbons (Fsp3) is 0.500. The fourth-order valence-electron chi connectivity index (χ4n) is 2.10. The quantitative estimate of drug-likeness (QED) is 0.875. The van der Waals surface area contributed by atoms with Gasteiger partial charge in [0.25, 0.3) is 0 Å². The van der Waals surface area contributed by atoms with Gasteiger partial charge in [-0.15, -0.1) is 0 Å². The number of halogens is 2. The molecule has 0 radical (unpaired) electrons. The number of hydrogen-bond donors (Lipinski definition) is 1. The lowest BCUT2D eigenvalue weighted by molar-refractivity contribution is 0.190. The molecule has 1 heterocycles. The van der Waals surface area contributed by atoms with E-state index in [1.54, 1.807) is 6.07 Å². The zero-order valence-electron chi connectivity index (χ0n) is 9.39. The second kappa shape index (κ2) is 4.82. The minimum absolute atomic E-state index is 0.222. The van der Waals surface area contributed by atoms with Crippen LogP contribution in [0.3, 0.4) is 0 Å². The van der Waals surface area contributed by atoms with Gasteiger partial charge in [-0.25, -0.2) is 0 Å². The molecule has 4 heteroatoms. The van der Waals surface area contributed by atoms with Crippen molar-refractivity contribution in [2.24, 2.45) is 5.92 Å². The average molecular weight is 260 g/mol. The Morgan fingerprint density at radius 1 is 1.38 bits per heavy atom. The maximum absolute atomic E-state index is 6.23. The number of nitrogens with one attached hydrogen (secondary N) is 1. The Bertz CT molecular complexity index is 395. The molecule has 0 bridgehead atoms. The molecule has 0 spiro atoms. The van der Waals surface area contributed by atoms with Gasteiger partial charge in [-0.3, -0.25) is 0 Å². The van der Waals surface area contributed by atoms with Crippen molar-refractivity contribution in [1.82, 2.24) is 5.32 Å². The van der Waals surface area contributed by atoms with Crippen molar-refractivity contribution in [2.75, 3.05) is 13.2 Å². The summed E-state index contributed by atoms with van der Waals surface area (Å²) in [5.74, 6) is 1.13. The Kier molecular flexibility index (Phi) is 3.63. The highest BCUT2D eigenvalue weighted by molar-refractivity contribution is 6.35. The van der Waals surface area contributed by atoms with E-state index in [0.717, 1.165) is 22.9 Å². The Balaban J connectivity index is 2.49. The molecule has 1 aromatic rings. The second-order valence-corrected chi connectivity index (χ2v) is 4.91. The Morgan fingerprint density at radius 3 is 2.75 bits per heavy atom. The van der Waals surface area contributed by atoms with Gasteiger partial charge in [-0.2, -0.15) is 0 Å². The predicted octanol–water partition coefficient (Wildman–Crippen LogP) is 3.67. The number of rotatable bonds is 2. The molecule has 2 atom stereocenters. The van der Waals surface area contributed by atoms with E-state index in [4.69, 9.17) is 27.9 Å². The number of benzene rings is 1. The zero-order chi connectivity index (χ0) is 11.7. The van der Waals surface area contributed by atoms with Crippen molar-refractivity contribution in [2.45, 2.75) is 19.9 Å². The van der Waals surface area contributed by atoms with E-state index in [2.05, 4.69) is 19.2 Å². The lowest BCUT2D eigenvalue weighted by Gasteiger charge is -2.33. The summed E-state index contributed by atoms with van der Waals surface area (Å²) in [6.45, 7) is 5.80. The molecule has 1 aromatic carbocycles. The van der Waals surface area contributed by atoms with Gasteiger partial charge in [-0.1, -0.05) is 37.0 Å². The summed E-state index contributed by atoms with van der Waals surface area (Å²) in [6.07, 6.45) is 0. The summed E-state index contributed by atoms with van der Waals surface area (Å²) in [5, 5.41) is 4.79. The van der Waals surface area contributed by atoms with Crippen LogP contribution in [0.5, 0.6) is 5.75 Å². The van der Waals surface area contributed by atoms with E-state index in [1.165, 1.54) is 0 Å². The van der Waals surface area contributed by atoms with Gasteiger partial charge in [-0.05, 0) is 18.7 Å². The number of hydrogen-bond acceptors (Lipinski definition) is 2. The second-order valence-electron chi connectivity index (χ2n) is 4.10. The molecular formula is C12H15Cl2NO. The third-order valence-electron chi connectivity index (χ3n) is 2.89. The molecule has 0 aliphatic carbocycles. The van der Waals surface area contributed by atoms with Gasteiger partial charge in [0.2, 0.25) is 0 Å². The molecule has 2 rings (SSSR count). The lowest BCUT2D eigenvalue weighted by Crippen LogP contribution is -2.34. The summed E-state index contributed by atoms with van der Waals surface area (Å²) in [4.78, 5) is 0. The predicted molar refractivity (Wildman–Crippen MR) is 67.5 cm³/mol. The molecule has 88 valence electrons. The van der Waals surface area contributed by atoms with Crippen molar-refractivity contribution in [1.29, 1.82) is 0 Å². The first-order valence-corrected chi connectivity index (χ1v) is 6.24. The third kappa shape index (κ3) is 2.02. The Morgan fingerprint density at radius 2 is 2.06 bits per heavy atom. The van der Waals surface area contributed by atoms with Crippen molar-refractivity contribution >= 4 is 23.2 Å². The first-order valence-electron chi connectivity index (χ1n) is 5.49. The van der Waals surface area contributed by atoms with Crippen molar-refractivity contribution in [3.8, 4) is 5.75 Å². The minimum Gasteiger partial charge on any atom is -0.491 e. The highest BCUT2D eigenvalue weighted by Gasteiger charge is 2.30. The van der Waals surface area contributed by atoms with Crippen LogP contribution in [-0.2, 0) is 0 Å². The highest BCUT2D eigenvalue weighted by atomic mass is 35.5. The molecule has 0 amide bonds. The van der Waals surface area contributed by atoms with Crippen LogP contribution < -0.4 is 10.1 Å². The van der Waals surface area contributed by atoms with Gasteiger partial charge in [0, 0.05) is 22.5 Å². The van der Waals surface area contributed by atoms with Crippen LogP contribution in [0.2, 0.25) is 10.0 Å². The van der Waals surface area contributed by atoms with Crippen molar-refractivity contribution in [3.05, 3.63) is 27.7 Å². The summed E-state index contributed by atoms with van der Waals surface area (Å²) in [6, 6.07) is 3.83. The zero-order valence-corrected chi connectivity index (χ0v) is 10.9. The van der Waals surface area contributed by atoms with E-state index in [9.17, 15) is 0 Å². The SMILES string of the molecule is CCNC1c2c(Cl)ccc(Cl)c2OCC1C. The van der Waals surface area contributed by atoms with E-state index >= 15 is 0 Å². The van der Waals surface area contributed by atoms with E-state index in [1.807, 2.05) is 6.07 Å². The summed E-state index contributed by atoms with van der Waals surface area (Å²) >= 11 is 12.3. The van der Waals surface area contributed by atoms with E-state index in [-0.39, 0.29) is 6.04 Å². The highest BCUT2D eigenvalue weighted by Crippen LogP contribution is 2.43. The molecule has 0 fully saturated rings. The smallest absolute Gasteiger partial charge is 0.144 e. The van der Waals surface area contributed by atoms with Crippen molar-refractivity contribution in [3.63, 3.8) is 0 Å². The fourth-order valence-corrected chi connectivity index (χ4v) is 2.59. The molecule has 0 saturated carbocycles. The minimum atomic E-state index is 0.222. The van der Waals surface area contributed by atoms with Gasteiger partial charge in [0.15, 0.2) is 0 Å². The molecular weight excluding hydrogens is 245 g/mol. The van der Waals surface area contributed by atoms with Crippen LogP contribution in [-0.4, -0.2) is 13.2 Å². The molecule has 0 saturated heterocycles. The molecule has 2 nitrogen and oxygen atoms in total. The van der Waals surface area contributed by atoms with Crippen molar-refractivity contribution < 1.29 is 4.74 Å². The van der Waals surface area contributed by atoms with Gasteiger partial charge in [0.05, 0.1) is 11.6 Å². The van der Waals surface area contributed by atoms with E-state index in [0.29, 0.717) is 17.5 Å². The summed E-state index contributed by atoms with van der Waals surface area (Å²) < 4.78 is 5.67. The Hall–Kier alpha value is -0.440. The molecule has 1 aliphatic rings. The van der Waals surface area contributed by atoms with Crippen LogP contribution in [0.15, 0.2) is 12.1 Å². The number of fused-ring (bicyclic) bond motifs is 1. The third-order valence-corrected chi connectivity index (χ3v) is 3.52. The monoisotopic (exact) mass is 259 g/mol. The maximum atomic E-state index is 6.23. The number of ether oxygens (including phenoxy) is 1. The normalized spacial score (nSPS) is 23.8. The van der Waals surface area contributed by atoms with Crippen LogP contribution in [0.25, 0.3) is 0 Å². The first-order chi connectivity index (χ1) is 7.65. The van der Waals surface area contributed by atoms with Crippen LogP contribution in [0.1, 0.15) is 25.5 Å². The average Bonchev–Trinajstić information content (AvgIpc) is 2.27. The van der Waals surface area contributed by atoms with Gasteiger partial charge in [0.1, 0.15) is 5.75 Å². The van der Waals surface area contributed by atoms with Crippen LogP contribution >= 0.6 is 23.2 Å². The molecule has 1 N–H and O–H groups in total.